The zero-order valence-corrected chi connectivity index (χ0v) is 9.80. The summed E-state index contributed by atoms with van der Waals surface area (Å²) in [4.78, 5) is 4.09. The summed E-state index contributed by atoms with van der Waals surface area (Å²) < 4.78 is 1.80. The lowest BCUT2D eigenvalue weighted by Gasteiger charge is -2.03. The van der Waals surface area contributed by atoms with Gasteiger partial charge in [-0.05, 0) is 18.2 Å². The summed E-state index contributed by atoms with van der Waals surface area (Å²) in [6, 6.07) is 5.46. The van der Waals surface area contributed by atoms with Crippen LogP contribution in [0.5, 0.6) is 5.75 Å². The van der Waals surface area contributed by atoms with Crippen molar-refractivity contribution in [1.82, 2.24) is 20.1 Å². The van der Waals surface area contributed by atoms with Crippen LogP contribution in [0.2, 0.25) is 0 Å². The lowest BCUT2D eigenvalue weighted by atomic mass is 10.3. The molecule has 2 heterocycles. The van der Waals surface area contributed by atoms with Gasteiger partial charge in [0.25, 0.3) is 0 Å². The second-order valence-corrected chi connectivity index (χ2v) is 3.92. The fourth-order valence-electron chi connectivity index (χ4n) is 1.55. The van der Waals surface area contributed by atoms with Crippen LogP contribution in [-0.2, 0) is 20.0 Å². The SMILES string of the molecule is Cn1ccc(CCNCc2ccc(O)cn2)n1. The number of hydrogen-bond donors (Lipinski definition) is 2. The van der Waals surface area contributed by atoms with Crippen molar-refractivity contribution >= 4 is 0 Å². The molecule has 0 saturated carbocycles. The quantitative estimate of drug-likeness (QED) is 0.750. The smallest absolute Gasteiger partial charge is 0.133 e. The Balaban J connectivity index is 1.71. The Labute approximate surface area is 100 Å². The van der Waals surface area contributed by atoms with E-state index < -0.39 is 0 Å². The predicted octanol–water partition coefficient (Wildman–Crippen LogP) is 0.853. The number of aryl methyl sites for hydroxylation is 1. The van der Waals surface area contributed by atoms with Gasteiger partial charge in [0.15, 0.2) is 0 Å². The number of aromatic hydroxyl groups is 1. The summed E-state index contributed by atoms with van der Waals surface area (Å²) >= 11 is 0. The van der Waals surface area contributed by atoms with Gasteiger partial charge in [-0.25, -0.2) is 0 Å². The first-order valence-corrected chi connectivity index (χ1v) is 5.57. The van der Waals surface area contributed by atoms with Crippen molar-refractivity contribution in [2.75, 3.05) is 6.54 Å². The van der Waals surface area contributed by atoms with E-state index >= 15 is 0 Å². The van der Waals surface area contributed by atoms with Crippen LogP contribution < -0.4 is 5.32 Å². The molecule has 0 aliphatic heterocycles. The maximum Gasteiger partial charge on any atom is 0.133 e. The summed E-state index contributed by atoms with van der Waals surface area (Å²) in [5, 5.41) is 16.7. The lowest BCUT2D eigenvalue weighted by molar-refractivity contribution is 0.471. The zero-order valence-electron chi connectivity index (χ0n) is 9.80. The molecule has 2 rings (SSSR count). The molecule has 0 aromatic carbocycles. The fourth-order valence-corrected chi connectivity index (χ4v) is 1.55. The van der Waals surface area contributed by atoms with Crippen LogP contribution in [0.3, 0.4) is 0 Å². The zero-order chi connectivity index (χ0) is 12.1. The molecule has 0 saturated heterocycles. The molecule has 17 heavy (non-hydrogen) atoms. The first-order chi connectivity index (χ1) is 8.24. The molecule has 0 aliphatic rings. The van der Waals surface area contributed by atoms with E-state index in [-0.39, 0.29) is 5.75 Å². The second-order valence-electron chi connectivity index (χ2n) is 3.92. The Hall–Kier alpha value is -1.88. The van der Waals surface area contributed by atoms with Crippen LogP contribution in [0.4, 0.5) is 0 Å². The molecule has 0 unspecified atom stereocenters. The Morgan fingerprint density at radius 2 is 2.18 bits per heavy atom. The van der Waals surface area contributed by atoms with Crippen LogP contribution >= 0.6 is 0 Å². The van der Waals surface area contributed by atoms with E-state index in [0.29, 0.717) is 6.54 Å². The summed E-state index contributed by atoms with van der Waals surface area (Å²) in [5.74, 6) is 0.197. The number of aromatic nitrogens is 3. The molecule has 5 heteroatoms. The van der Waals surface area contributed by atoms with Gasteiger partial charge in [0, 0.05) is 32.8 Å². The van der Waals surface area contributed by atoms with Gasteiger partial charge < -0.3 is 10.4 Å². The summed E-state index contributed by atoms with van der Waals surface area (Å²) in [6.07, 6.45) is 4.30. The van der Waals surface area contributed by atoms with Crippen LogP contribution in [-0.4, -0.2) is 26.4 Å². The van der Waals surface area contributed by atoms with Gasteiger partial charge >= 0.3 is 0 Å². The maximum atomic E-state index is 9.09. The molecular formula is C12H16N4O. The van der Waals surface area contributed by atoms with Gasteiger partial charge in [-0.1, -0.05) is 0 Å². The minimum Gasteiger partial charge on any atom is -0.506 e. The number of hydrogen-bond acceptors (Lipinski definition) is 4. The first kappa shape index (κ1) is 11.6. The highest BCUT2D eigenvalue weighted by atomic mass is 16.3. The third-order valence-electron chi connectivity index (χ3n) is 2.44. The van der Waals surface area contributed by atoms with Gasteiger partial charge in [-0.2, -0.15) is 5.10 Å². The van der Waals surface area contributed by atoms with E-state index in [1.54, 1.807) is 10.7 Å². The van der Waals surface area contributed by atoms with Gasteiger partial charge in [-0.15, -0.1) is 0 Å². The van der Waals surface area contributed by atoms with Crippen molar-refractivity contribution in [2.45, 2.75) is 13.0 Å². The molecule has 0 spiro atoms. The summed E-state index contributed by atoms with van der Waals surface area (Å²) in [6.45, 7) is 1.56. The number of pyridine rings is 1. The van der Waals surface area contributed by atoms with E-state index in [0.717, 1.165) is 24.4 Å². The molecule has 0 amide bonds. The Bertz CT molecular complexity index is 464. The molecule has 2 N–H and O–H groups in total. The average molecular weight is 232 g/mol. The van der Waals surface area contributed by atoms with E-state index in [1.165, 1.54) is 6.20 Å². The number of nitrogens with zero attached hydrogens (tertiary/aromatic N) is 3. The van der Waals surface area contributed by atoms with Crippen molar-refractivity contribution in [3.63, 3.8) is 0 Å². The number of rotatable bonds is 5. The molecule has 0 bridgehead atoms. The number of nitrogens with one attached hydrogen (secondary N) is 1. The molecule has 0 radical (unpaired) electrons. The third kappa shape index (κ3) is 3.57. The standard InChI is InChI=1S/C12H16N4O/c1-16-7-5-10(15-16)4-6-13-8-11-2-3-12(17)9-14-11/h2-3,5,7,9,13,17H,4,6,8H2,1H3. The Morgan fingerprint density at radius 3 is 2.82 bits per heavy atom. The molecule has 2 aromatic heterocycles. The van der Waals surface area contributed by atoms with Crippen LogP contribution in [0, 0.1) is 0 Å². The molecule has 90 valence electrons. The largest absolute Gasteiger partial charge is 0.506 e. The van der Waals surface area contributed by atoms with E-state index in [9.17, 15) is 0 Å². The maximum absolute atomic E-state index is 9.09. The highest BCUT2D eigenvalue weighted by Gasteiger charge is 1.97. The topological polar surface area (TPSA) is 63.0 Å². The Morgan fingerprint density at radius 1 is 1.29 bits per heavy atom. The fraction of sp³-hybridized carbons (Fsp3) is 0.333. The normalized spacial score (nSPS) is 10.6. The van der Waals surface area contributed by atoms with Crippen molar-refractivity contribution in [2.24, 2.45) is 7.05 Å². The van der Waals surface area contributed by atoms with Crippen molar-refractivity contribution < 1.29 is 5.11 Å². The van der Waals surface area contributed by atoms with Gasteiger partial charge in [0.05, 0.1) is 17.6 Å². The minimum absolute atomic E-state index is 0.197. The van der Waals surface area contributed by atoms with Crippen molar-refractivity contribution in [3.8, 4) is 5.75 Å². The summed E-state index contributed by atoms with van der Waals surface area (Å²) in [7, 11) is 1.91. The van der Waals surface area contributed by atoms with Gasteiger partial charge in [0.2, 0.25) is 0 Å². The van der Waals surface area contributed by atoms with Gasteiger partial charge in [-0.3, -0.25) is 9.67 Å². The van der Waals surface area contributed by atoms with Crippen molar-refractivity contribution in [1.29, 1.82) is 0 Å². The molecule has 0 aliphatic carbocycles. The van der Waals surface area contributed by atoms with E-state index in [1.807, 2.05) is 25.4 Å². The molecule has 0 atom stereocenters. The van der Waals surface area contributed by atoms with E-state index in [4.69, 9.17) is 5.11 Å². The molecule has 5 nitrogen and oxygen atoms in total. The van der Waals surface area contributed by atoms with Crippen LogP contribution in [0.1, 0.15) is 11.4 Å². The molecule has 2 aromatic rings. The molecule has 0 fully saturated rings. The van der Waals surface area contributed by atoms with Crippen LogP contribution in [0.15, 0.2) is 30.6 Å². The summed E-state index contributed by atoms with van der Waals surface area (Å²) in [5.41, 5.74) is 2.00. The highest BCUT2D eigenvalue weighted by molar-refractivity contribution is 5.17. The molecular weight excluding hydrogens is 216 g/mol. The average Bonchev–Trinajstić information content (AvgIpc) is 2.73. The lowest BCUT2D eigenvalue weighted by Crippen LogP contribution is -2.17. The van der Waals surface area contributed by atoms with Crippen LogP contribution in [0.25, 0.3) is 0 Å². The predicted molar refractivity (Wildman–Crippen MR) is 64.5 cm³/mol. The highest BCUT2D eigenvalue weighted by Crippen LogP contribution is 2.05. The Kier molecular flexibility index (Phi) is 3.72. The minimum atomic E-state index is 0.197. The van der Waals surface area contributed by atoms with Crippen molar-refractivity contribution in [3.05, 3.63) is 42.0 Å². The monoisotopic (exact) mass is 232 g/mol. The first-order valence-electron chi connectivity index (χ1n) is 5.57. The third-order valence-corrected chi connectivity index (χ3v) is 2.44. The second kappa shape index (κ2) is 5.45. The van der Waals surface area contributed by atoms with E-state index in [2.05, 4.69) is 15.4 Å². The van der Waals surface area contributed by atoms with Gasteiger partial charge in [0.1, 0.15) is 5.75 Å².